The number of anilines is 2. The van der Waals surface area contributed by atoms with Crippen molar-refractivity contribution in [2.45, 2.75) is 0 Å². The van der Waals surface area contributed by atoms with Crippen molar-refractivity contribution in [1.29, 1.82) is 0 Å². The normalized spacial score (nSPS) is 13.8. The van der Waals surface area contributed by atoms with E-state index in [-0.39, 0.29) is 55.9 Å². The predicted molar refractivity (Wildman–Crippen MR) is 145 cm³/mol. The van der Waals surface area contributed by atoms with Gasteiger partial charge in [-0.05, 0) is 72.8 Å². The fourth-order valence-corrected chi connectivity index (χ4v) is 4.93. The highest BCUT2D eigenvalue weighted by atomic mass is 16.4. The van der Waals surface area contributed by atoms with Gasteiger partial charge in [-0.15, -0.1) is 0 Å². The monoisotopic (exact) mass is 560 g/mol. The van der Waals surface area contributed by atoms with Crippen LogP contribution in [0.5, 0.6) is 0 Å². The zero-order chi connectivity index (χ0) is 29.9. The molecule has 6 rings (SSSR count). The maximum Gasteiger partial charge on any atom is 0.335 e. The summed E-state index contributed by atoms with van der Waals surface area (Å²) in [6.45, 7) is 0. The topological polar surface area (TPSA) is 166 Å². The first-order chi connectivity index (χ1) is 20.1. The zero-order valence-corrected chi connectivity index (χ0v) is 21.2. The molecule has 0 aromatic heterocycles. The van der Waals surface area contributed by atoms with Gasteiger partial charge in [0.2, 0.25) is 0 Å². The Bertz CT molecular complexity index is 1940. The van der Waals surface area contributed by atoms with Crippen molar-refractivity contribution in [2.24, 2.45) is 0 Å². The predicted octanol–water partition coefficient (Wildman–Crippen LogP) is 3.92. The molecule has 0 saturated heterocycles. The molecule has 42 heavy (non-hydrogen) atoms. The lowest BCUT2D eigenvalue weighted by Gasteiger charge is -2.15. The van der Waals surface area contributed by atoms with Gasteiger partial charge in [0.1, 0.15) is 0 Å². The molecular formula is C31H16N2O9. The Morgan fingerprint density at radius 1 is 0.452 bits per heavy atom. The van der Waals surface area contributed by atoms with E-state index in [4.69, 9.17) is 0 Å². The smallest absolute Gasteiger partial charge is 0.335 e. The van der Waals surface area contributed by atoms with Gasteiger partial charge in [0.25, 0.3) is 23.6 Å². The van der Waals surface area contributed by atoms with Crippen LogP contribution in [0.25, 0.3) is 0 Å². The van der Waals surface area contributed by atoms with E-state index >= 15 is 0 Å². The minimum Gasteiger partial charge on any atom is -0.478 e. The van der Waals surface area contributed by atoms with Crippen LogP contribution < -0.4 is 9.80 Å². The third-order valence-corrected chi connectivity index (χ3v) is 7.02. The Labute approximate surface area is 235 Å². The lowest BCUT2D eigenvalue weighted by molar-refractivity contribution is 0.0686. The largest absolute Gasteiger partial charge is 0.478 e. The summed E-state index contributed by atoms with van der Waals surface area (Å²) in [4.78, 5) is 89.4. The molecule has 11 nitrogen and oxygen atoms in total. The number of imide groups is 2. The van der Waals surface area contributed by atoms with Gasteiger partial charge in [0.15, 0.2) is 5.78 Å². The van der Waals surface area contributed by atoms with Gasteiger partial charge in [-0.3, -0.25) is 24.0 Å². The third kappa shape index (κ3) is 3.95. The summed E-state index contributed by atoms with van der Waals surface area (Å²) in [5.74, 6) is -5.65. The first kappa shape index (κ1) is 26.0. The molecule has 2 heterocycles. The van der Waals surface area contributed by atoms with E-state index in [0.717, 1.165) is 21.9 Å². The number of carbonyl (C=O) groups is 7. The van der Waals surface area contributed by atoms with E-state index in [2.05, 4.69) is 0 Å². The van der Waals surface area contributed by atoms with Crippen molar-refractivity contribution in [3.05, 3.63) is 129 Å². The average molecular weight is 560 g/mol. The average Bonchev–Trinajstić information content (AvgIpc) is 3.40. The summed E-state index contributed by atoms with van der Waals surface area (Å²) in [6, 6.07) is 18.7. The SMILES string of the molecule is O=C(O)c1ccc2c(c1)C(=O)N(c1ccc(C(=O)c3cccc(N4C(=O)c5ccc(C(=O)O)cc5C4=O)c3)cc1)C2=O. The maximum atomic E-state index is 13.3. The molecule has 2 N–H and O–H groups in total. The first-order valence-electron chi connectivity index (χ1n) is 12.3. The molecule has 11 heteroatoms. The number of aromatic carboxylic acids is 2. The van der Waals surface area contributed by atoms with Gasteiger partial charge in [-0.1, -0.05) is 12.1 Å². The molecule has 204 valence electrons. The molecule has 0 fully saturated rings. The van der Waals surface area contributed by atoms with E-state index in [0.29, 0.717) is 0 Å². The van der Waals surface area contributed by atoms with Crippen LogP contribution in [0.3, 0.4) is 0 Å². The highest BCUT2D eigenvalue weighted by molar-refractivity contribution is 6.35. The molecule has 4 aromatic carbocycles. The fraction of sp³-hybridized carbons (Fsp3) is 0. The highest BCUT2D eigenvalue weighted by Gasteiger charge is 2.38. The molecule has 0 saturated carbocycles. The lowest BCUT2D eigenvalue weighted by atomic mass is 10.0. The third-order valence-electron chi connectivity index (χ3n) is 7.02. The molecule has 2 aliphatic heterocycles. The second kappa shape index (κ2) is 9.45. The van der Waals surface area contributed by atoms with Crippen molar-refractivity contribution in [2.75, 3.05) is 9.80 Å². The van der Waals surface area contributed by atoms with Crippen LogP contribution in [0.2, 0.25) is 0 Å². The van der Waals surface area contributed by atoms with Crippen molar-refractivity contribution in [3.63, 3.8) is 0 Å². The number of amides is 4. The maximum absolute atomic E-state index is 13.3. The van der Waals surface area contributed by atoms with Crippen LogP contribution in [-0.2, 0) is 0 Å². The Hall–Kier alpha value is -6.23. The molecule has 0 aliphatic carbocycles. The van der Waals surface area contributed by atoms with E-state index < -0.39 is 41.4 Å². The molecule has 0 unspecified atom stereocenters. The number of benzene rings is 4. The van der Waals surface area contributed by atoms with Crippen LogP contribution in [0.4, 0.5) is 11.4 Å². The Morgan fingerprint density at radius 3 is 1.40 bits per heavy atom. The van der Waals surface area contributed by atoms with Gasteiger partial charge in [-0.25, -0.2) is 19.4 Å². The minimum absolute atomic E-state index is 0.0378. The van der Waals surface area contributed by atoms with Gasteiger partial charge >= 0.3 is 11.9 Å². The van der Waals surface area contributed by atoms with Crippen LogP contribution >= 0.6 is 0 Å². The summed E-state index contributed by atoms with van der Waals surface area (Å²) >= 11 is 0. The number of hydrogen-bond acceptors (Lipinski definition) is 7. The van der Waals surface area contributed by atoms with Crippen LogP contribution in [0.1, 0.15) is 78.1 Å². The Balaban J connectivity index is 1.25. The molecular weight excluding hydrogens is 544 g/mol. The van der Waals surface area contributed by atoms with E-state index in [9.17, 15) is 43.8 Å². The van der Waals surface area contributed by atoms with Gasteiger partial charge < -0.3 is 10.2 Å². The van der Waals surface area contributed by atoms with E-state index in [1.165, 1.54) is 72.8 Å². The second-order valence-electron chi connectivity index (χ2n) is 9.45. The molecule has 0 spiro atoms. The van der Waals surface area contributed by atoms with Gasteiger partial charge in [0, 0.05) is 11.1 Å². The molecule has 4 amide bonds. The number of rotatable bonds is 6. The Kier molecular flexibility index (Phi) is 5.85. The molecule has 4 aromatic rings. The van der Waals surface area contributed by atoms with Crippen molar-refractivity contribution >= 4 is 52.7 Å². The van der Waals surface area contributed by atoms with Crippen LogP contribution in [-0.4, -0.2) is 51.6 Å². The van der Waals surface area contributed by atoms with Crippen molar-refractivity contribution in [1.82, 2.24) is 0 Å². The van der Waals surface area contributed by atoms with E-state index in [1.54, 1.807) is 0 Å². The second-order valence-corrected chi connectivity index (χ2v) is 9.45. The molecule has 2 aliphatic rings. The van der Waals surface area contributed by atoms with E-state index in [1.807, 2.05) is 0 Å². The van der Waals surface area contributed by atoms with Gasteiger partial charge in [0.05, 0.1) is 44.8 Å². The first-order valence-corrected chi connectivity index (χ1v) is 12.3. The number of hydrogen-bond donors (Lipinski definition) is 2. The van der Waals surface area contributed by atoms with Crippen LogP contribution in [0.15, 0.2) is 84.9 Å². The van der Waals surface area contributed by atoms with Crippen molar-refractivity contribution < 1.29 is 43.8 Å². The zero-order valence-electron chi connectivity index (χ0n) is 21.2. The number of fused-ring (bicyclic) bond motifs is 2. The fourth-order valence-electron chi connectivity index (χ4n) is 4.93. The Morgan fingerprint density at radius 2 is 0.905 bits per heavy atom. The highest BCUT2D eigenvalue weighted by Crippen LogP contribution is 2.32. The summed E-state index contributed by atoms with van der Waals surface area (Å²) < 4.78 is 0. The quantitative estimate of drug-likeness (QED) is 0.262. The summed E-state index contributed by atoms with van der Waals surface area (Å²) in [7, 11) is 0. The molecule has 0 bridgehead atoms. The number of ketones is 1. The molecule has 0 radical (unpaired) electrons. The van der Waals surface area contributed by atoms with Gasteiger partial charge in [-0.2, -0.15) is 0 Å². The van der Waals surface area contributed by atoms with Crippen LogP contribution in [0, 0.1) is 0 Å². The lowest BCUT2D eigenvalue weighted by Crippen LogP contribution is -2.29. The van der Waals surface area contributed by atoms with Crippen molar-refractivity contribution in [3.8, 4) is 0 Å². The minimum atomic E-state index is -1.24. The number of carboxylic acid groups (broad SMARTS) is 2. The number of nitrogens with zero attached hydrogens (tertiary/aromatic N) is 2. The summed E-state index contributed by atoms with van der Waals surface area (Å²) in [5, 5.41) is 18.4. The molecule has 0 atom stereocenters. The standard InChI is InChI=1S/C31H16N2O9/c34-25(15-4-8-19(9-5-15)32-26(35)21-10-6-17(30(39)40)13-23(21)28(32)37)16-2-1-3-20(12-16)33-27(36)22-11-7-18(31(41)42)14-24(22)29(33)38/h1-14H,(H,39,40)(H,41,42). The summed E-state index contributed by atoms with van der Waals surface area (Å²) in [5.41, 5.74) is 0.366. The summed E-state index contributed by atoms with van der Waals surface area (Å²) in [6.07, 6.45) is 0. The number of carboxylic acids is 2. The number of carbonyl (C=O) groups excluding carboxylic acids is 5.